The van der Waals surface area contributed by atoms with Gasteiger partial charge in [0.15, 0.2) is 0 Å². The van der Waals surface area contributed by atoms with Crippen LogP contribution >= 0.6 is 11.6 Å². The molecule has 0 saturated heterocycles. The number of rotatable bonds is 4. The van der Waals surface area contributed by atoms with Crippen LogP contribution in [0.1, 0.15) is 19.4 Å². The summed E-state index contributed by atoms with van der Waals surface area (Å²) < 4.78 is 5.57. The Morgan fingerprint density at radius 2 is 2.07 bits per heavy atom. The molecule has 78 valence electrons. The number of hydrogen-bond acceptors (Lipinski definition) is 2. The van der Waals surface area contributed by atoms with Crippen LogP contribution in [-0.4, -0.2) is 13.2 Å². The second kappa shape index (κ2) is 5.23. The molecule has 1 aromatic rings. The van der Waals surface area contributed by atoms with Crippen molar-refractivity contribution in [2.75, 3.05) is 7.05 Å². The first-order chi connectivity index (χ1) is 6.61. The monoisotopic (exact) mass is 213 g/mol. The SMILES string of the molecule is CNCc1cc(Cl)cc(OC(C)C)c1. The van der Waals surface area contributed by atoms with Crippen molar-refractivity contribution in [3.8, 4) is 5.75 Å². The Morgan fingerprint density at radius 1 is 1.36 bits per heavy atom. The zero-order valence-electron chi connectivity index (χ0n) is 8.80. The van der Waals surface area contributed by atoms with E-state index in [0.29, 0.717) is 5.02 Å². The minimum absolute atomic E-state index is 0.177. The zero-order chi connectivity index (χ0) is 10.6. The smallest absolute Gasteiger partial charge is 0.121 e. The van der Waals surface area contributed by atoms with E-state index < -0.39 is 0 Å². The number of nitrogens with one attached hydrogen (secondary N) is 1. The molecule has 1 rings (SSSR count). The van der Waals surface area contributed by atoms with E-state index in [0.717, 1.165) is 17.9 Å². The molecule has 2 nitrogen and oxygen atoms in total. The van der Waals surface area contributed by atoms with Gasteiger partial charge in [0.05, 0.1) is 6.10 Å². The normalized spacial score (nSPS) is 10.6. The fourth-order valence-corrected chi connectivity index (χ4v) is 1.51. The maximum absolute atomic E-state index is 5.96. The van der Waals surface area contributed by atoms with Gasteiger partial charge in [0.25, 0.3) is 0 Å². The van der Waals surface area contributed by atoms with Crippen molar-refractivity contribution in [2.24, 2.45) is 0 Å². The summed E-state index contributed by atoms with van der Waals surface area (Å²) in [6.45, 7) is 4.80. The summed E-state index contributed by atoms with van der Waals surface area (Å²) in [5.74, 6) is 0.831. The van der Waals surface area contributed by atoms with E-state index in [2.05, 4.69) is 5.32 Å². The summed E-state index contributed by atoms with van der Waals surface area (Å²) >= 11 is 5.96. The highest BCUT2D eigenvalue weighted by Gasteiger charge is 2.01. The fourth-order valence-electron chi connectivity index (χ4n) is 1.27. The third-order valence-corrected chi connectivity index (χ3v) is 1.90. The fraction of sp³-hybridized carbons (Fsp3) is 0.455. The lowest BCUT2D eigenvalue weighted by Gasteiger charge is -2.11. The largest absolute Gasteiger partial charge is 0.491 e. The van der Waals surface area contributed by atoms with Gasteiger partial charge in [-0.1, -0.05) is 11.6 Å². The van der Waals surface area contributed by atoms with Gasteiger partial charge in [-0.2, -0.15) is 0 Å². The van der Waals surface area contributed by atoms with E-state index in [-0.39, 0.29) is 6.10 Å². The molecule has 0 spiro atoms. The van der Waals surface area contributed by atoms with E-state index in [4.69, 9.17) is 16.3 Å². The Bertz CT molecular complexity index is 299. The average Bonchev–Trinajstić information content (AvgIpc) is 2.01. The van der Waals surface area contributed by atoms with Crippen molar-refractivity contribution in [3.63, 3.8) is 0 Å². The Hall–Kier alpha value is -0.730. The van der Waals surface area contributed by atoms with Crippen molar-refractivity contribution in [1.82, 2.24) is 5.32 Å². The van der Waals surface area contributed by atoms with Crippen LogP contribution in [-0.2, 0) is 6.54 Å². The van der Waals surface area contributed by atoms with Gasteiger partial charge in [0.1, 0.15) is 5.75 Å². The number of ether oxygens (including phenoxy) is 1. The van der Waals surface area contributed by atoms with Gasteiger partial charge in [-0.05, 0) is 44.7 Å². The molecular formula is C11H16ClNO. The van der Waals surface area contributed by atoms with E-state index in [1.54, 1.807) is 0 Å². The van der Waals surface area contributed by atoms with Gasteiger partial charge in [0.2, 0.25) is 0 Å². The summed E-state index contributed by atoms with van der Waals surface area (Å²) in [6.07, 6.45) is 0.177. The highest BCUT2D eigenvalue weighted by Crippen LogP contribution is 2.21. The Kier molecular flexibility index (Phi) is 4.23. The molecule has 0 aliphatic carbocycles. The van der Waals surface area contributed by atoms with Gasteiger partial charge in [-0.3, -0.25) is 0 Å². The molecule has 0 heterocycles. The average molecular weight is 214 g/mol. The summed E-state index contributed by atoms with van der Waals surface area (Å²) in [6, 6.07) is 5.77. The molecule has 0 atom stereocenters. The van der Waals surface area contributed by atoms with E-state index >= 15 is 0 Å². The predicted molar refractivity (Wildman–Crippen MR) is 60.0 cm³/mol. The molecule has 0 aliphatic heterocycles. The first-order valence-corrected chi connectivity index (χ1v) is 5.10. The molecular weight excluding hydrogens is 198 g/mol. The third-order valence-electron chi connectivity index (χ3n) is 1.68. The van der Waals surface area contributed by atoms with Crippen LogP contribution in [0.15, 0.2) is 18.2 Å². The van der Waals surface area contributed by atoms with Crippen molar-refractivity contribution >= 4 is 11.6 Å². The molecule has 0 aliphatic rings. The van der Waals surface area contributed by atoms with Crippen LogP contribution in [0.3, 0.4) is 0 Å². The van der Waals surface area contributed by atoms with Gasteiger partial charge < -0.3 is 10.1 Å². The Balaban J connectivity index is 2.83. The molecule has 0 bridgehead atoms. The Labute approximate surface area is 90.2 Å². The predicted octanol–water partition coefficient (Wildman–Crippen LogP) is 2.85. The van der Waals surface area contributed by atoms with E-state index in [1.807, 2.05) is 39.1 Å². The lowest BCUT2D eigenvalue weighted by Crippen LogP contribution is -2.08. The van der Waals surface area contributed by atoms with Crippen LogP contribution < -0.4 is 10.1 Å². The van der Waals surface area contributed by atoms with Crippen molar-refractivity contribution in [2.45, 2.75) is 26.5 Å². The quantitative estimate of drug-likeness (QED) is 0.831. The van der Waals surface area contributed by atoms with Crippen molar-refractivity contribution < 1.29 is 4.74 Å². The molecule has 0 radical (unpaired) electrons. The molecule has 0 fully saturated rings. The standard InChI is InChI=1S/C11H16ClNO/c1-8(2)14-11-5-9(7-13-3)4-10(12)6-11/h4-6,8,13H,7H2,1-3H3. The first kappa shape index (κ1) is 11.3. The Morgan fingerprint density at radius 3 is 2.64 bits per heavy atom. The number of hydrogen-bond donors (Lipinski definition) is 1. The van der Waals surface area contributed by atoms with Crippen LogP contribution in [0.5, 0.6) is 5.75 Å². The minimum atomic E-state index is 0.177. The summed E-state index contributed by atoms with van der Waals surface area (Å²) in [4.78, 5) is 0. The van der Waals surface area contributed by atoms with Crippen LogP contribution in [0.25, 0.3) is 0 Å². The van der Waals surface area contributed by atoms with Crippen molar-refractivity contribution in [3.05, 3.63) is 28.8 Å². The summed E-state index contributed by atoms with van der Waals surface area (Å²) in [7, 11) is 1.91. The summed E-state index contributed by atoms with van der Waals surface area (Å²) in [5.41, 5.74) is 1.13. The van der Waals surface area contributed by atoms with Gasteiger partial charge in [0, 0.05) is 11.6 Å². The van der Waals surface area contributed by atoms with Crippen LogP contribution in [0, 0.1) is 0 Å². The molecule has 0 aromatic heterocycles. The number of halogens is 1. The third kappa shape index (κ3) is 3.56. The lowest BCUT2D eigenvalue weighted by atomic mass is 10.2. The topological polar surface area (TPSA) is 21.3 Å². The maximum atomic E-state index is 5.96. The summed E-state index contributed by atoms with van der Waals surface area (Å²) in [5, 5.41) is 3.79. The minimum Gasteiger partial charge on any atom is -0.491 e. The molecule has 0 amide bonds. The molecule has 14 heavy (non-hydrogen) atoms. The molecule has 1 aromatic carbocycles. The number of benzene rings is 1. The molecule has 1 N–H and O–H groups in total. The second-order valence-corrected chi connectivity index (χ2v) is 3.93. The lowest BCUT2D eigenvalue weighted by molar-refractivity contribution is 0.242. The van der Waals surface area contributed by atoms with E-state index in [1.165, 1.54) is 0 Å². The highest BCUT2D eigenvalue weighted by atomic mass is 35.5. The van der Waals surface area contributed by atoms with Gasteiger partial charge in [-0.25, -0.2) is 0 Å². The van der Waals surface area contributed by atoms with Gasteiger partial charge >= 0.3 is 0 Å². The zero-order valence-corrected chi connectivity index (χ0v) is 9.56. The molecule has 0 saturated carbocycles. The first-order valence-electron chi connectivity index (χ1n) is 4.72. The van der Waals surface area contributed by atoms with E-state index in [9.17, 15) is 0 Å². The van der Waals surface area contributed by atoms with Gasteiger partial charge in [-0.15, -0.1) is 0 Å². The van der Waals surface area contributed by atoms with Crippen molar-refractivity contribution in [1.29, 1.82) is 0 Å². The molecule has 3 heteroatoms. The van der Waals surface area contributed by atoms with Crippen LogP contribution in [0.2, 0.25) is 5.02 Å². The highest BCUT2D eigenvalue weighted by molar-refractivity contribution is 6.30. The molecule has 0 unspecified atom stereocenters. The second-order valence-electron chi connectivity index (χ2n) is 3.49. The maximum Gasteiger partial charge on any atom is 0.121 e. The van der Waals surface area contributed by atoms with Crippen LogP contribution in [0.4, 0.5) is 0 Å².